The van der Waals surface area contributed by atoms with Crippen LogP contribution in [0.4, 0.5) is 13.2 Å². The Morgan fingerprint density at radius 3 is 2.27 bits per heavy atom. The minimum absolute atomic E-state index is 0.00593. The summed E-state index contributed by atoms with van der Waals surface area (Å²) in [6.45, 7) is 2.89. The molecule has 1 aromatic carbocycles. The average molecular weight is 433 g/mol. The van der Waals surface area contributed by atoms with Gasteiger partial charge in [-0.2, -0.15) is 13.2 Å². The number of aliphatic carboxylic acids is 1. The van der Waals surface area contributed by atoms with Gasteiger partial charge in [0.05, 0.1) is 37.5 Å². The fourth-order valence-electron chi connectivity index (χ4n) is 2.59. The van der Waals surface area contributed by atoms with Crippen LogP contribution in [0.3, 0.4) is 0 Å². The second-order valence-electron chi connectivity index (χ2n) is 6.13. The van der Waals surface area contributed by atoms with Crippen LogP contribution in [0.15, 0.2) is 24.3 Å². The van der Waals surface area contributed by atoms with Crippen molar-refractivity contribution in [2.45, 2.75) is 38.9 Å². The molecule has 0 aliphatic rings. The van der Waals surface area contributed by atoms with Crippen LogP contribution in [0.1, 0.15) is 31.4 Å². The standard InChI is InChI=1S/C19H22F3NO7/c1-3-29-15(25)10-13(18(28)30-4-2)16(17(26)27)23-14(24)9-11-6-5-7-12(8-11)19(20,21)22/h5-8,13,16H,3-4,9-10H2,1-2H3,(H,23,24)(H,26,27)/t13-,16-/m1/s1. The number of nitrogens with one attached hydrogen (secondary N) is 1. The Bertz CT molecular complexity index is 780. The zero-order valence-electron chi connectivity index (χ0n) is 16.3. The molecule has 1 rings (SSSR count). The van der Waals surface area contributed by atoms with E-state index in [1.54, 1.807) is 0 Å². The maximum Gasteiger partial charge on any atom is 0.416 e. The molecule has 0 unspecified atom stereocenters. The number of alkyl halides is 3. The number of carbonyl (C=O) groups excluding carboxylic acids is 3. The van der Waals surface area contributed by atoms with Crippen molar-refractivity contribution in [1.82, 2.24) is 5.32 Å². The van der Waals surface area contributed by atoms with Crippen LogP contribution >= 0.6 is 0 Å². The molecule has 0 heterocycles. The van der Waals surface area contributed by atoms with Gasteiger partial charge >= 0.3 is 24.1 Å². The van der Waals surface area contributed by atoms with Gasteiger partial charge in [0.15, 0.2) is 0 Å². The van der Waals surface area contributed by atoms with Crippen molar-refractivity contribution in [2.75, 3.05) is 13.2 Å². The lowest BCUT2D eigenvalue weighted by molar-refractivity contribution is -0.160. The SMILES string of the molecule is CCOC(=O)C[C@@H](C(=O)OCC)[C@@H](NC(=O)Cc1cccc(C(F)(F)F)c1)C(=O)O. The molecule has 1 aromatic rings. The first-order chi connectivity index (χ1) is 14.0. The van der Waals surface area contributed by atoms with Gasteiger partial charge in [-0.1, -0.05) is 18.2 Å². The number of ether oxygens (including phenoxy) is 2. The molecule has 11 heteroatoms. The Labute approximate surface area is 170 Å². The molecule has 0 aromatic heterocycles. The number of benzene rings is 1. The van der Waals surface area contributed by atoms with Gasteiger partial charge in [-0.25, -0.2) is 4.79 Å². The van der Waals surface area contributed by atoms with E-state index in [0.29, 0.717) is 0 Å². The van der Waals surface area contributed by atoms with E-state index in [0.717, 1.165) is 18.2 Å². The van der Waals surface area contributed by atoms with Crippen molar-refractivity contribution in [3.63, 3.8) is 0 Å². The summed E-state index contributed by atoms with van der Waals surface area (Å²) in [6, 6.07) is 2.13. The molecule has 166 valence electrons. The molecule has 8 nitrogen and oxygen atoms in total. The van der Waals surface area contributed by atoms with Gasteiger partial charge in [0.2, 0.25) is 5.91 Å². The quantitative estimate of drug-likeness (QED) is 0.542. The predicted octanol–water partition coefficient (Wildman–Crippen LogP) is 1.95. The van der Waals surface area contributed by atoms with Crippen LogP contribution < -0.4 is 5.32 Å². The first kappa shape index (κ1) is 24.9. The van der Waals surface area contributed by atoms with Crippen LogP contribution in [0.2, 0.25) is 0 Å². The molecule has 0 saturated heterocycles. The number of carboxylic acid groups (broad SMARTS) is 1. The van der Waals surface area contributed by atoms with Crippen LogP contribution in [-0.2, 0) is 41.2 Å². The van der Waals surface area contributed by atoms with E-state index in [9.17, 15) is 37.5 Å². The summed E-state index contributed by atoms with van der Waals surface area (Å²) in [5.74, 6) is -6.03. The van der Waals surface area contributed by atoms with Crippen LogP contribution in [0, 0.1) is 5.92 Å². The van der Waals surface area contributed by atoms with E-state index >= 15 is 0 Å². The topological polar surface area (TPSA) is 119 Å². The lowest BCUT2D eigenvalue weighted by Gasteiger charge is -2.23. The lowest BCUT2D eigenvalue weighted by atomic mass is 9.95. The van der Waals surface area contributed by atoms with E-state index < -0.39 is 60.4 Å². The van der Waals surface area contributed by atoms with Crippen molar-refractivity contribution in [1.29, 1.82) is 0 Å². The maximum absolute atomic E-state index is 12.8. The van der Waals surface area contributed by atoms with Crippen molar-refractivity contribution < 1.29 is 46.9 Å². The molecule has 0 saturated carbocycles. The summed E-state index contributed by atoms with van der Waals surface area (Å²) in [4.78, 5) is 47.8. The Kier molecular flexibility index (Phi) is 9.28. The van der Waals surface area contributed by atoms with Crippen LogP contribution in [0.25, 0.3) is 0 Å². The summed E-state index contributed by atoms with van der Waals surface area (Å²) in [5, 5.41) is 11.5. The monoisotopic (exact) mass is 433 g/mol. The Balaban J connectivity index is 3.01. The van der Waals surface area contributed by atoms with Crippen molar-refractivity contribution in [3.05, 3.63) is 35.4 Å². The molecule has 0 aliphatic heterocycles. The molecular weight excluding hydrogens is 411 g/mol. The van der Waals surface area contributed by atoms with E-state index in [4.69, 9.17) is 9.47 Å². The third-order valence-corrected chi connectivity index (χ3v) is 3.89. The zero-order chi connectivity index (χ0) is 22.9. The number of halogens is 3. The van der Waals surface area contributed by atoms with Gasteiger partial charge in [-0.05, 0) is 25.5 Å². The molecule has 0 bridgehead atoms. The second kappa shape index (κ2) is 11.2. The summed E-state index contributed by atoms with van der Waals surface area (Å²) in [5.41, 5.74) is -0.973. The van der Waals surface area contributed by atoms with Crippen molar-refractivity contribution in [2.24, 2.45) is 5.92 Å². The molecule has 0 aliphatic carbocycles. The minimum atomic E-state index is -4.61. The zero-order valence-corrected chi connectivity index (χ0v) is 16.3. The molecule has 0 radical (unpaired) electrons. The summed E-state index contributed by atoms with van der Waals surface area (Å²) >= 11 is 0. The fraction of sp³-hybridized carbons (Fsp3) is 0.474. The Hall–Kier alpha value is -3.11. The van der Waals surface area contributed by atoms with Gasteiger partial charge in [-0.3, -0.25) is 14.4 Å². The molecule has 2 atom stereocenters. The number of rotatable bonds is 10. The number of hydrogen-bond donors (Lipinski definition) is 2. The summed E-state index contributed by atoms with van der Waals surface area (Å²) in [7, 11) is 0. The smallest absolute Gasteiger partial charge is 0.416 e. The molecule has 2 N–H and O–H groups in total. The Morgan fingerprint density at radius 1 is 1.10 bits per heavy atom. The predicted molar refractivity (Wildman–Crippen MR) is 96.1 cm³/mol. The first-order valence-electron chi connectivity index (χ1n) is 9.00. The molecular formula is C19H22F3NO7. The van der Waals surface area contributed by atoms with Crippen LogP contribution in [0.5, 0.6) is 0 Å². The highest BCUT2D eigenvalue weighted by atomic mass is 19.4. The van der Waals surface area contributed by atoms with Crippen LogP contribution in [-0.4, -0.2) is 48.2 Å². The van der Waals surface area contributed by atoms with Crippen molar-refractivity contribution in [3.8, 4) is 0 Å². The summed E-state index contributed by atoms with van der Waals surface area (Å²) in [6.07, 6.45) is -5.83. The van der Waals surface area contributed by atoms with E-state index in [-0.39, 0.29) is 18.8 Å². The van der Waals surface area contributed by atoms with Gasteiger partial charge < -0.3 is 19.9 Å². The first-order valence-corrected chi connectivity index (χ1v) is 9.00. The Morgan fingerprint density at radius 2 is 1.73 bits per heavy atom. The van der Waals surface area contributed by atoms with E-state index in [2.05, 4.69) is 5.32 Å². The normalized spacial score (nSPS) is 13.1. The largest absolute Gasteiger partial charge is 0.480 e. The maximum atomic E-state index is 12.8. The number of hydrogen-bond acceptors (Lipinski definition) is 6. The third-order valence-electron chi connectivity index (χ3n) is 3.89. The van der Waals surface area contributed by atoms with Gasteiger partial charge in [0.1, 0.15) is 6.04 Å². The number of amides is 1. The number of carbonyl (C=O) groups is 4. The highest BCUT2D eigenvalue weighted by molar-refractivity contribution is 5.91. The van der Waals surface area contributed by atoms with Gasteiger partial charge in [-0.15, -0.1) is 0 Å². The summed E-state index contributed by atoms with van der Waals surface area (Å²) < 4.78 is 47.9. The molecule has 30 heavy (non-hydrogen) atoms. The van der Waals surface area contributed by atoms with Gasteiger partial charge in [0, 0.05) is 0 Å². The average Bonchev–Trinajstić information content (AvgIpc) is 2.64. The lowest BCUT2D eigenvalue weighted by Crippen LogP contribution is -2.50. The highest BCUT2D eigenvalue weighted by Gasteiger charge is 2.38. The third kappa shape index (κ3) is 7.72. The van der Waals surface area contributed by atoms with E-state index in [1.807, 2.05) is 0 Å². The molecule has 1 amide bonds. The number of esters is 2. The van der Waals surface area contributed by atoms with E-state index in [1.165, 1.54) is 19.9 Å². The van der Waals surface area contributed by atoms with Crippen molar-refractivity contribution >= 4 is 23.8 Å². The fourth-order valence-corrected chi connectivity index (χ4v) is 2.59. The molecule has 0 fully saturated rings. The number of carboxylic acids is 1. The second-order valence-corrected chi connectivity index (χ2v) is 6.13. The highest BCUT2D eigenvalue weighted by Crippen LogP contribution is 2.29. The molecule has 0 spiro atoms. The van der Waals surface area contributed by atoms with Gasteiger partial charge in [0.25, 0.3) is 0 Å². The minimum Gasteiger partial charge on any atom is -0.480 e.